The van der Waals surface area contributed by atoms with Crippen LogP contribution in [0.5, 0.6) is 0 Å². The number of hydrogen-bond acceptors (Lipinski definition) is 4. The normalized spacial score (nSPS) is 19.9. The highest BCUT2D eigenvalue weighted by Gasteiger charge is 2.38. The van der Waals surface area contributed by atoms with Gasteiger partial charge in [0.15, 0.2) is 0 Å². The molecule has 1 heterocycles. The maximum atomic E-state index is 12.9. The number of aliphatic hydroxyl groups is 1. The molecule has 1 saturated heterocycles. The number of nitrogens with two attached hydrogens (primary N) is 1. The summed E-state index contributed by atoms with van der Waals surface area (Å²) in [6, 6.07) is 6.08. The maximum Gasteiger partial charge on any atom is 0.254 e. The second kappa shape index (κ2) is 7.90. The Labute approximate surface area is 154 Å². The molecule has 4 N–H and O–H groups in total. The molecule has 0 spiro atoms. The predicted octanol–water partition coefficient (Wildman–Crippen LogP) is 0.875. The first-order valence-corrected chi connectivity index (χ1v) is 8.79. The first-order chi connectivity index (χ1) is 12.1. The molecule has 0 aliphatic carbocycles. The maximum absolute atomic E-state index is 12.9. The van der Waals surface area contributed by atoms with Gasteiger partial charge in [-0.15, -0.1) is 0 Å². The number of nitrogens with zero attached hydrogens (tertiary/aromatic N) is 1. The van der Waals surface area contributed by atoms with Crippen molar-refractivity contribution in [3.05, 3.63) is 35.4 Å². The summed E-state index contributed by atoms with van der Waals surface area (Å²) in [5.74, 6) is 5.17. The summed E-state index contributed by atoms with van der Waals surface area (Å²) in [5.41, 5.74) is 5.97. The Kier molecular flexibility index (Phi) is 6.06. The number of rotatable bonds is 3. The Morgan fingerprint density at radius 3 is 2.69 bits per heavy atom. The average molecular weight is 357 g/mol. The molecule has 2 rings (SSSR count). The Hall–Kier alpha value is -2.36. The highest BCUT2D eigenvalue weighted by molar-refractivity contribution is 5.98. The topological polar surface area (TPSA) is 95.7 Å². The zero-order valence-corrected chi connectivity index (χ0v) is 15.7. The molecular formula is C20H27N3O3. The van der Waals surface area contributed by atoms with E-state index in [9.17, 15) is 14.7 Å². The Morgan fingerprint density at radius 1 is 1.38 bits per heavy atom. The van der Waals surface area contributed by atoms with Crippen LogP contribution in [-0.2, 0) is 4.79 Å². The third-order valence-corrected chi connectivity index (χ3v) is 3.95. The quantitative estimate of drug-likeness (QED) is 0.700. The van der Waals surface area contributed by atoms with E-state index in [0.29, 0.717) is 24.1 Å². The van der Waals surface area contributed by atoms with Gasteiger partial charge in [0.2, 0.25) is 5.91 Å². The van der Waals surface area contributed by atoms with Gasteiger partial charge in [-0.05, 0) is 52.3 Å². The minimum Gasteiger partial charge on any atom is -0.378 e. The average Bonchev–Trinajstić information content (AvgIpc) is 2.93. The van der Waals surface area contributed by atoms with Gasteiger partial charge < -0.3 is 21.1 Å². The first-order valence-electron chi connectivity index (χ1n) is 8.79. The molecule has 0 unspecified atom stereocenters. The molecule has 2 amide bonds. The molecule has 1 aromatic carbocycles. The summed E-state index contributed by atoms with van der Waals surface area (Å²) in [7, 11) is 0. The molecular weight excluding hydrogens is 330 g/mol. The van der Waals surface area contributed by atoms with Crippen LogP contribution >= 0.6 is 0 Å². The predicted molar refractivity (Wildman–Crippen MR) is 100 cm³/mol. The van der Waals surface area contributed by atoms with E-state index in [1.165, 1.54) is 4.90 Å². The molecule has 0 aromatic heterocycles. The largest absolute Gasteiger partial charge is 0.378 e. The Morgan fingerprint density at radius 2 is 2.08 bits per heavy atom. The number of carbonyl (C=O) groups is 2. The summed E-state index contributed by atoms with van der Waals surface area (Å²) in [5, 5.41) is 12.6. The number of likely N-dealkylation sites (tertiary alicyclic amines) is 1. The highest BCUT2D eigenvalue weighted by Crippen LogP contribution is 2.20. The number of carbonyl (C=O) groups excluding carboxylic acids is 2. The number of amides is 2. The van der Waals surface area contributed by atoms with Crippen LogP contribution < -0.4 is 11.1 Å². The standard InChI is InChI=1S/C20H27N3O3/c1-13(2)22-18(24)17-11-16(21)12-23(17)19(25)15-7-5-6-14(10-15)8-9-20(3,4)26/h5-7,10,13,16-17,26H,11-12,21H2,1-4H3,(H,22,24)/t16-,17+/m1/s1. The number of benzene rings is 1. The van der Waals surface area contributed by atoms with Crippen molar-refractivity contribution in [3.63, 3.8) is 0 Å². The number of hydrogen-bond donors (Lipinski definition) is 3. The van der Waals surface area contributed by atoms with Crippen molar-refractivity contribution in [3.8, 4) is 11.8 Å². The summed E-state index contributed by atoms with van der Waals surface area (Å²) in [4.78, 5) is 26.9. The van der Waals surface area contributed by atoms with Crippen LogP contribution in [0.15, 0.2) is 24.3 Å². The van der Waals surface area contributed by atoms with Gasteiger partial charge in [-0.25, -0.2) is 0 Å². The fourth-order valence-corrected chi connectivity index (χ4v) is 2.84. The molecule has 140 valence electrons. The number of nitrogens with one attached hydrogen (secondary N) is 1. The van der Waals surface area contributed by atoms with Crippen LogP contribution in [0.3, 0.4) is 0 Å². The van der Waals surface area contributed by atoms with E-state index >= 15 is 0 Å². The SMILES string of the molecule is CC(C)NC(=O)[C@@H]1C[C@@H](N)CN1C(=O)c1cccc(C#CC(C)(C)O)c1. The van der Waals surface area contributed by atoms with E-state index in [1.807, 2.05) is 13.8 Å². The molecule has 26 heavy (non-hydrogen) atoms. The Bertz CT molecular complexity index is 741. The van der Waals surface area contributed by atoms with E-state index in [1.54, 1.807) is 38.1 Å². The van der Waals surface area contributed by atoms with E-state index in [4.69, 9.17) is 5.73 Å². The van der Waals surface area contributed by atoms with Crippen molar-refractivity contribution in [1.29, 1.82) is 0 Å². The lowest BCUT2D eigenvalue weighted by Gasteiger charge is -2.24. The van der Waals surface area contributed by atoms with Gasteiger partial charge in [-0.2, -0.15) is 0 Å². The molecule has 6 nitrogen and oxygen atoms in total. The monoisotopic (exact) mass is 357 g/mol. The fourth-order valence-electron chi connectivity index (χ4n) is 2.84. The second-order valence-corrected chi connectivity index (χ2v) is 7.52. The first kappa shape index (κ1) is 20.0. The lowest BCUT2D eigenvalue weighted by Crippen LogP contribution is -2.47. The summed E-state index contributed by atoms with van der Waals surface area (Å²) in [6.07, 6.45) is 0.447. The third kappa shape index (κ3) is 5.32. The molecule has 1 aliphatic heterocycles. The summed E-state index contributed by atoms with van der Waals surface area (Å²) < 4.78 is 0. The zero-order chi connectivity index (χ0) is 19.5. The third-order valence-electron chi connectivity index (χ3n) is 3.95. The van der Waals surface area contributed by atoms with Crippen LogP contribution in [-0.4, -0.2) is 52.1 Å². The van der Waals surface area contributed by atoms with Crippen molar-refractivity contribution in [2.24, 2.45) is 5.73 Å². The highest BCUT2D eigenvalue weighted by atomic mass is 16.3. The zero-order valence-electron chi connectivity index (χ0n) is 15.7. The van der Waals surface area contributed by atoms with Crippen LogP contribution in [0.1, 0.15) is 50.0 Å². The van der Waals surface area contributed by atoms with Gasteiger partial charge in [0, 0.05) is 29.8 Å². The molecule has 2 atom stereocenters. The van der Waals surface area contributed by atoms with Gasteiger partial charge in [-0.3, -0.25) is 9.59 Å². The van der Waals surface area contributed by atoms with Gasteiger partial charge in [0.25, 0.3) is 5.91 Å². The van der Waals surface area contributed by atoms with Gasteiger partial charge in [-0.1, -0.05) is 17.9 Å². The van der Waals surface area contributed by atoms with Gasteiger partial charge in [0.05, 0.1) is 0 Å². The van der Waals surface area contributed by atoms with Crippen LogP contribution in [0.25, 0.3) is 0 Å². The second-order valence-electron chi connectivity index (χ2n) is 7.52. The van der Waals surface area contributed by atoms with E-state index in [-0.39, 0.29) is 23.9 Å². The van der Waals surface area contributed by atoms with Crippen LogP contribution in [0.4, 0.5) is 0 Å². The molecule has 1 fully saturated rings. The smallest absolute Gasteiger partial charge is 0.254 e. The van der Waals surface area contributed by atoms with Crippen molar-refractivity contribution in [1.82, 2.24) is 10.2 Å². The molecule has 0 saturated carbocycles. The van der Waals surface area contributed by atoms with Gasteiger partial charge in [0.1, 0.15) is 11.6 Å². The van der Waals surface area contributed by atoms with E-state index in [2.05, 4.69) is 17.2 Å². The molecule has 6 heteroatoms. The molecule has 1 aliphatic rings. The lowest BCUT2D eigenvalue weighted by atomic mass is 10.1. The molecule has 0 bridgehead atoms. The van der Waals surface area contributed by atoms with Crippen molar-refractivity contribution < 1.29 is 14.7 Å². The van der Waals surface area contributed by atoms with Gasteiger partial charge >= 0.3 is 0 Å². The fraction of sp³-hybridized carbons (Fsp3) is 0.500. The minimum absolute atomic E-state index is 0.00304. The van der Waals surface area contributed by atoms with E-state index < -0.39 is 11.6 Å². The van der Waals surface area contributed by atoms with Crippen molar-refractivity contribution >= 4 is 11.8 Å². The minimum atomic E-state index is -1.11. The van der Waals surface area contributed by atoms with Crippen LogP contribution in [0, 0.1) is 11.8 Å². The summed E-state index contributed by atoms with van der Waals surface area (Å²) >= 11 is 0. The summed E-state index contributed by atoms with van der Waals surface area (Å²) in [6.45, 7) is 7.29. The Balaban J connectivity index is 2.23. The lowest BCUT2D eigenvalue weighted by molar-refractivity contribution is -0.125. The van der Waals surface area contributed by atoms with E-state index in [0.717, 1.165) is 0 Å². The molecule has 1 aromatic rings. The van der Waals surface area contributed by atoms with Crippen LogP contribution in [0.2, 0.25) is 0 Å². The van der Waals surface area contributed by atoms with Crippen molar-refractivity contribution in [2.45, 2.75) is 57.8 Å². The van der Waals surface area contributed by atoms with Crippen molar-refractivity contribution in [2.75, 3.05) is 6.54 Å². The molecule has 0 radical (unpaired) electrons.